The number of aromatic nitrogens is 2. The number of fused-ring (bicyclic) bond motifs is 1. The van der Waals surface area contributed by atoms with Crippen LogP contribution in [0.4, 0.5) is 23.1 Å². The number of rotatable bonds is 4. The van der Waals surface area contributed by atoms with Gasteiger partial charge in [-0.25, -0.2) is 4.98 Å². The minimum Gasteiger partial charge on any atom is -0.486 e. The zero-order valence-electron chi connectivity index (χ0n) is 13.5. The first-order valence-corrected chi connectivity index (χ1v) is 8.65. The molecule has 1 aromatic heterocycles. The molecular weight excluding hydrogens is 375 g/mol. The van der Waals surface area contributed by atoms with Crippen molar-refractivity contribution in [2.45, 2.75) is 0 Å². The minimum atomic E-state index is 0.435. The molecule has 6 nitrogen and oxygen atoms in total. The lowest BCUT2D eigenvalue weighted by atomic mass is 10.2. The molecule has 0 radical (unpaired) electrons. The van der Waals surface area contributed by atoms with E-state index in [0.717, 1.165) is 11.4 Å². The zero-order valence-corrected chi connectivity index (χ0v) is 15.0. The predicted octanol–water partition coefficient (Wildman–Crippen LogP) is 5.04. The molecule has 0 fully saturated rings. The van der Waals surface area contributed by atoms with Crippen LogP contribution in [0.2, 0.25) is 10.0 Å². The summed E-state index contributed by atoms with van der Waals surface area (Å²) in [5, 5.41) is 7.20. The highest BCUT2D eigenvalue weighted by molar-refractivity contribution is 6.43. The van der Waals surface area contributed by atoms with Gasteiger partial charge in [-0.1, -0.05) is 29.3 Å². The number of hydrogen-bond donors (Lipinski definition) is 2. The molecule has 0 bridgehead atoms. The Kier molecular flexibility index (Phi) is 4.69. The standard InChI is InChI=1S/C18H14Cl2N4O2/c19-12-2-1-3-13(17(12)20)23-16-6-7-21-18(24-16)22-11-4-5-14-15(10-11)26-9-8-25-14/h1-7,10H,8-9H2,(H2,21,22,23,24). The highest BCUT2D eigenvalue weighted by atomic mass is 35.5. The summed E-state index contributed by atoms with van der Waals surface area (Å²) in [6.45, 7) is 1.09. The molecule has 1 aliphatic heterocycles. The average molecular weight is 389 g/mol. The fourth-order valence-electron chi connectivity index (χ4n) is 2.48. The number of benzene rings is 2. The van der Waals surface area contributed by atoms with Gasteiger partial charge in [-0.15, -0.1) is 0 Å². The predicted molar refractivity (Wildman–Crippen MR) is 102 cm³/mol. The Morgan fingerprint density at radius 2 is 1.77 bits per heavy atom. The molecule has 1 aliphatic rings. The van der Waals surface area contributed by atoms with Crippen LogP contribution in [0, 0.1) is 0 Å². The second-order valence-corrected chi connectivity index (χ2v) is 6.26. The third-order valence-corrected chi connectivity index (χ3v) is 4.49. The van der Waals surface area contributed by atoms with Gasteiger partial charge in [-0.2, -0.15) is 4.98 Å². The Hall–Kier alpha value is -2.70. The van der Waals surface area contributed by atoms with Crippen LogP contribution in [-0.4, -0.2) is 23.2 Å². The first-order chi connectivity index (χ1) is 12.7. The van der Waals surface area contributed by atoms with Crippen molar-refractivity contribution in [2.75, 3.05) is 23.8 Å². The van der Waals surface area contributed by atoms with Crippen LogP contribution in [0.25, 0.3) is 0 Å². The van der Waals surface area contributed by atoms with Crippen molar-refractivity contribution in [2.24, 2.45) is 0 Å². The van der Waals surface area contributed by atoms with Crippen molar-refractivity contribution in [1.29, 1.82) is 0 Å². The van der Waals surface area contributed by atoms with Crippen LogP contribution in [0.3, 0.4) is 0 Å². The second kappa shape index (κ2) is 7.27. The van der Waals surface area contributed by atoms with E-state index in [1.54, 1.807) is 18.3 Å². The smallest absolute Gasteiger partial charge is 0.229 e. The molecule has 0 spiro atoms. The zero-order chi connectivity index (χ0) is 17.9. The molecule has 26 heavy (non-hydrogen) atoms. The van der Waals surface area contributed by atoms with Crippen LogP contribution < -0.4 is 20.1 Å². The first-order valence-electron chi connectivity index (χ1n) is 7.90. The SMILES string of the molecule is Clc1cccc(Nc2ccnc(Nc3ccc4c(c3)OCCO4)n2)c1Cl. The average Bonchev–Trinajstić information content (AvgIpc) is 2.66. The van der Waals surface area contributed by atoms with Gasteiger partial charge in [-0.3, -0.25) is 0 Å². The summed E-state index contributed by atoms with van der Waals surface area (Å²) in [6.07, 6.45) is 1.65. The molecule has 0 atom stereocenters. The van der Waals surface area contributed by atoms with Gasteiger partial charge in [0.15, 0.2) is 11.5 Å². The topological polar surface area (TPSA) is 68.3 Å². The van der Waals surface area contributed by atoms with E-state index in [1.807, 2.05) is 30.3 Å². The van der Waals surface area contributed by atoms with E-state index < -0.39 is 0 Å². The normalized spacial score (nSPS) is 12.5. The number of hydrogen-bond acceptors (Lipinski definition) is 6. The molecule has 4 rings (SSSR count). The van der Waals surface area contributed by atoms with Gasteiger partial charge in [0.1, 0.15) is 19.0 Å². The van der Waals surface area contributed by atoms with Gasteiger partial charge in [-0.05, 0) is 30.3 Å². The fraction of sp³-hybridized carbons (Fsp3) is 0.111. The van der Waals surface area contributed by atoms with Crippen molar-refractivity contribution < 1.29 is 9.47 Å². The van der Waals surface area contributed by atoms with Crippen molar-refractivity contribution in [3.05, 3.63) is 58.7 Å². The van der Waals surface area contributed by atoms with Crippen molar-refractivity contribution in [1.82, 2.24) is 9.97 Å². The molecule has 2 N–H and O–H groups in total. The highest BCUT2D eigenvalue weighted by Gasteiger charge is 2.12. The molecule has 132 valence electrons. The fourth-order valence-corrected chi connectivity index (χ4v) is 2.82. The van der Waals surface area contributed by atoms with Crippen molar-refractivity contribution in [3.8, 4) is 11.5 Å². The highest BCUT2D eigenvalue weighted by Crippen LogP contribution is 2.34. The van der Waals surface area contributed by atoms with Crippen LogP contribution >= 0.6 is 23.2 Å². The first kappa shape index (κ1) is 16.8. The molecule has 3 aromatic rings. The lowest BCUT2D eigenvalue weighted by Crippen LogP contribution is -2.15. The summed E-state index contributed by atoms with van der Waals surface area (Å²) in [7, 11) is 0. The largest absolute Gasteiger partial charge is 0.486 e. The molecule has 0 saturated carbocycles. The number of nitrogens with zero attached hydrogens (tertiary/aromatic N) is 2. The Morgan fingerprint density at radius 3 is 2.65 bits per heavy atom. The summed E-state index contributed by atoms with van der Waals surface area (Å²) < 4.78 is 11.1. The van der Waals surface area contributed by atoms with Gasteiger partial charge in [0.05, 0.1) is 15.7 Å². The Balaban J connectivity index is 1.53. The summed E-state index contributed by atoms with van der Waals surface area (Å²) in [5.74, 6) is 2.45. The maximum Gasteiger partial charge on any atom is 0.229 e. The second-order valence-electron chi connectivity index (χ2n) is 5.48. The molecule has 0 saturated heterocycles. The maximum atomic E-state index is 6.20. The number of anilines is 4. The van der Waals surface area contributed by atoms with E-state index in [2.05, 4.69) is 20.6 Å². The Morgan fingerprint density at radius 1 is 0.923 bits per heavy atom. The van der Waals surface area contributed by atoms with E-state index in [-0.39, 0.29) is 0 Å². The van der Waals surface area contributed by atoms with Gasteiger partial charge < -0.3 is 20.1 Å². The maximum absolute atomic E-state index is 6.20. The Bertz CT molecular complexity index is 952. The lowest BCUT2D eigenvalue weighted by Gasteiger charge is -2.19. The third kappa shape index (κ3) is 3.61. The number of nitrogens with one attached hydrogen (secondary N) is 2. The lowest BCUT2D eigenvalue weighted by molar-refractivity contribution is 0.171. The van der Waals surface area contributed by atoms with E-state index in [1.165, 1.54) is 0 Å². The van der Waals surface area contributed by atoms with E-state index in [0.29, 0.717) is 46.5 Å². The summed E-state index contributed by atoms with van der Waals surface area (Å²) in [5.41, 5.74) is 1.47. The van der Waals surface area contributed by atoms with Gasteiger partial charge in [0.2, 0.25) is 5.95 Å². The summed E-state index contributed by atoms with van der Waals surface area (Å²) in [4.78, 5) is 8.67. The quantitative estimate of drug-likeness (QED) is 0.652. The molecule has 0 aliphatic carbocycles. The molecule has 0 unspecified atom stereocenters. The third-order valence-electron chi connectivity index (χ3n) is 3.67. The summed E-state index contributed by atoms with van der Waals surface area (Å²) >= 11 is 12.2. The van der Waals surface area contributed by atoms with Crippen molar-refractivity contribution in [3.63, 3.8) is 0 Å². The van der Waals surface area contributed by atoms with Gasteiger partial charge in [0.25, 0.3) is 0 Å². The number of halogens is 2. The molecular formula is C18H14Cl2N4O2. The molecule has 0 amide bonds. The number of ether oxygens (including phenoxy) is 2. The van der Waals surface area contributed by atoms with Crippen LogP contribution in [-0.2, 0) is 0 Å². The van der Waals surface area contributed by atoms with Crippen LogP contribution in [0.5, 0.6) is 11.5 Å². The molecule has 2 heterocycles. The van der Waals surface area contributed by atoms with Gasteiger partial charge in [0, 0.05) is 18.0 Å². The summed E-state index contributed by atoms with van der Waals surface area (Å²) in [6, 6.07) is 12.7. The van der Waals surface area contributed by atoms with Crippen LogP contribution in [0.1, 0.15) is 0 Å². The van der Waals surface area contributed by atoms with Gasteiger partial charge >= 0.3 is 0 Å². The van der Waals surface area contributed by atoms with E-state index in [9.17, 15) is 0 Å². The Labute approximate surface area is 160 Å². The molecule has 8 heteroatoms. The van der Waals surface area contributed by atoms with E-state index >= 15 is 0 Å². The van der Waals surface area contributed by atoms with Crippen molar-refractivity contribution >= 4 is 46.3 Å². The van der Waals surface area contributed by atoms with E-state index in [4.69, 9.17) is 32.7 Å². The molecule has 2 aromatic carbocycles. The monoisotopic (exact) mass is 388 g/mol. The minimum absolute atomic E-state index is 0.435. The van der Waals surface area contributed by atoms with Crippen LogP contribution in [0.15, 0.2) is 48.7 Å².